The second kappa shape index (κ2) is 7.79. The van der Waals surface area contributed by atoms with E-state index in [1.54, 1.807) is 30.3 Å². The molecule has 5 nitrogen and oxygen atoms in total. The van der Waals surface area contributed by atoms with Crippen molar-refractivity contribution in [2.45, 2.75) is 19.3 Å². The number of nitrogens with zero attached hydrogens (tertiary/aromatic N) is 4. The summed E-state index contributed by atoms with van der Waals surface area (Å²) in [7, 11) is 1.65. The Balaban J connectivity index is 1.86. The number of aryl methyl sites for hydroxylation is 2. The number of halogens is 1. The van der Waals surface area contributed by atoms with Crippen LogP contribution >= 0.6 is 0 Å². The van der Waals surface area contributed by atoms with Gasteiger partial charge in [-0.3, -0.25) is 4.98 Å². The second-order valence-electron chi connectivity index (χ2n) is 5.43. The van der Waals surface area contributed by atoms with Crippen molar-refractivity contribution in [3.8, 4) is 5.69 Å². The van der Waals surface area contributed by atoms with Crippen molar-refractivity contribution >= 4 is 0 Å². The van der Waals surface area contributed by atoms with Crippen LogP contribution in [0.3, 0.4) is 0 Å². The maximum atomic E-state index is 13.6. The minimum absolute atomic E-state index is 0.290. The number of hydrogen-bond donors (Lipinski definition) is 0. The molecule has 0 atom stereocenters. The van der Waals surface area contributed by atoms with E-state index in [-0.39, 0.29) is 5.82 Å². The first kappa shape index (κ1) is 16.3. The Labute approximate surface area is 140 Å². The van der Waals surface area contributed by atoms with Crippen molar-refractivity contribution in [3.05, 3.63) is 71.8 Å². The van der Waals surface area contributed by atoms with E-state index in [4.69, 9.17) is 4.74 Å². The molecular weight excluding hydrogens is 307 g/mol. The first-order chi connectivity index (χ1) is 11.8. The Morgan fingerprint density at radius 1 is 1.08 bits per heavy atom. The zero-order chi connectivity index (χ0) is 16.8. The third-order valence-corrected chi connectivity index (χ3v) is 3.69. The van der Waals surface area contributed by atoms with Crippen molar-refractivity contribution in [3.63, 3.8) is 0 Å². The molecule has 1 aromatic carbocycles. The molecule has 2 aromatic heterocycles. The maximum absolute atomic E-state index is 13.6. The average Bonchev–Trinajstić information content (AvgIpc) is 3.02. The van der Waals surface area contributed by atoms with E-state index in [1.807, 2.05) is 18.2 Å². The average molecular weight is 326 g/mol. The summed E-state index contributed by atoms with van der Waals surface area (Å²) in [4.78, 5) is 8.63. The van der Waals surface area contributed by atoms with Crippen molar-refractivity contribution in [2.75, 3.05) is 13.7 Å². The molecule has 6 heteroatoms. The Morgan fingerprint density at radius 2 is 1.92 bits per heavy atom. The molecule has 0 bridgehead atoms. The highest BCUT2D eigenvalue weighted by Gasteiger charge is 2.12. The molecule has 0 saturated heterocycles. The Hall–Kier alpha value is -2.60. The van der Waals surface area contributed by atoms with Crippen LogP contribution in [0.15, 0.2) is 48.8 Å². The molecule has 0 amide bonds. The summed E-state index contributed by atoms with van der Waals surface area (Å²) in [6.45, 7) is 0.553. The van der Waals surface area contributed by atoms with E-state index in [1.165, 1.54) is 17.7 Å². The summed E-state index contributed by atoms with van der Waals surface area (Å²) >= 11 is 0. The lowest BCUT2D eigenvalue weighted by atomic mass is 10.1. The van der Waals surface area contributed by atoms with E-state index >= 15 is 0 Å². The van der Waals surface area contributed by atoms with Crippen molar-refractivity contribution < 1.29 is 9.13 Å². The van der Waals surface area contributed by atoms with Crippen LogP contribution in [0, 0.1) is 5.82 Å². The summed E-state index contributed by atoms with van der Waals surface area (Å²) in [5.74, 6) is 1.22. The van der Waals surface area contributed by atoms with Crippen LogP contribution in [-0.2, 0) is 24.0 Å². The SMILES string of the molecule is COCCc1nc(CCc2ccncc2)n(-c2cccc(F)c2)n1. The summed E-state index contributed by atoms with van der Waals surface area (Å²) < 4.78 is 20.4. The number of hydrogen-bond acceptors (Lipinski definition) is 4. The predicted molar refractivity (Wildman–Crippen MR) is 88.5 cm³/mol. The molecule has 0 aliphatic heterocycles. The van der Waals surface area contributed by atoms with Crippen LogP contribution in [0.5, 0.6) is 0 Å². The molecular formula is C18H19FN4O. The molecule has 24 heavy (non-hydrogen) atoms. The molecule has 0 radical (unpaired) electrons. The maximum Gasteiger partial charge on any atom is 0.153 e. The molecule has 3 rings (SSSR count). The third-order valence-electron chi connectivity index (χ3n) is 3.69. The zero-order valence-corrected chi connectivity index (χ0v) is 13.5. The fraction of sp³-hybridized carbons (Fsp3) is 0.278. The van der Waals surface area contributed by atoms with E-state index in [9.17, 15) is 4.39 Å². The van der Waals surface area contributed by atoms with Gasteiger partial charge in [-0.2, -0.15) is 5.10 Å². The number of ether oxygens (including phenoxy) is 1. The second-order valence-corrected chi connectivity index (χ2v) is 5.43. The normalized spacial score (nSPS) is 10.9. The number of rotatable bonds is 7. The summed E-state index contributed by atoms with van der Waals surface area (Å²) in [5, 5.41) is 4.52. The molecule has 0 fully saturated rings. The van der Waals surface area contributed by atoms with Crippen LogP contribution in [0.1, 0.15) is 17.2 Å². The van der Waals surface area contributed by atoms with Gasteiger partial charge < -0.3 is 4.74 Å². The lowest BCUT2D eigenvalue weighted by molar-refractivity contribution is 0.200. The van der Waals surface area contributed by atoms with Gasteiger partial charge in [0.25, 0.3) is 0 Å². The number of pyridine rings is 1. The molecule has 0 aliphatic carbocycles. The minimum Gasteiger partial charge on any atom is -0.384 e. The largest absolute Gasteiger partial charge is 0.384 e. The van der Waals surface area contributed by atoms with Crippen molar-refractivity contribution in [2.24, 2.45) is 0 Å². The standard InChI is InChI=1S/C18H19FN4O/c1-24-12-9-17-21-18(6-5-14-7-10-20-11-8-14)23(22-17)16-4-2-3-15(19)13-16/h2-4,7-8,10-11,13H,5-6,9,12H2,1H3. The Bertz CT molecular complexity index is 789. The molecule has 0 aliphatic rings. The lowest BCUT2D eigenvalue weighted by Gasteiger charge is -2.06. The highest BCUT2D eigenvalue weighted by molar-refractivity contribution is 5.32. The minimum atomic E-state index is -0.290. The molecule has 0 saturated carbocycles. The van der Waals surface area contributed by atoms with E-state index in [0.29, 0.717) is 31.0 Å². The Morgan fingerprint density at radius 3 is 2.67 bits per heavy atom. The quantitative estimate of drug-likeness (QED) is 0.670. The molecule has 0 N–H and O–H groups in total. The van der Waals surface area contributed by atoms with Crippen LogP contribution in [-0.4, -0.2) is 33.5 Å². The zero-order valence-electron chi connectivity index (χ0n) is 13.5. The van der Waals surface area contributed by atoms with Gasteiger partial charge in [0.15, 0.2) is 5.82 Å². The third kappa shape index (κ3) is 4.02. The van der Waals surface area contributed by atoms with Gasteiger partial charge in [-0.15, -0.1) is 0 Å². The van der Waals surface area contributed by atoms with Crippen LogP contribution in [0.25, 0.3) is 5.69 Å². The highest BCUT2D eigenvalue weighted by Crippen LogP contribution is 2.14. The van der Waals surface area contributed by atoms with Gasteiger partial charge >= 0.3 is 0 Å². The molecule has 124 valence electrons. The summed E-state index contributed by atoms with van der Waals surface area (Å²) in [5.41, 5.74) is 1.85. The highest BCUT2D eigenvalue weighted by atomic mass is 19.1. The number of benzene rings is 1. The first-order valence-electron chi connectivity index (χ1n) is 7.85. The summed E-state index contributed by atoms with van der Waals surface area (Å²) in [6, 6.07) is 10.3. The van der Waals surface area contributed by atoms with Gasteiger partial charge in [0.2, 0.25) is 0 Å². The fourth-order valence-electron chi connectivity index (χ4n) is 2.47. The van der Waals surface area contributed by atoms with Gasteiger partial charge in [-0.25, -0.2) is 14.1 Å². The monoisotopic (exact) mass is 326 g/mol. The number of aromatic nitrogens is 4. The van der Waals surface area contributed by atoms with E-state index < -0.39 is 0 Å². The van der Waals surface area contributed by atoms with E-state index in [0.717, 1.165) is 12.2 Å². The molecule has 3 aromatic rings. The van der Waals surface area contributed by atoms with E-state index in [2.05, 4.69) is 15.1 Å². The van der Waals surface area contributed by atoms with Crippen LogP contribution < -0.4 is 0 Å². The topological polar surface area (TPSA) is 52.8 Å². The van der Waals surface area contributed by atoms with Gasteiger partial charge in [0.05, 0.1) is 12.3 Å². The van der Waals surface area contributed by atoms with Gasteiger partial charge in [-0.1, -0.05) is 6.07 Å². The smallest absolute Gasteiger partial charge is 0.153 e. The molecule has 0 spiro atoms. The van der Waals surface area contributed by atoms with Crippen molar-refractivity contribution in [1.29, 1.82) is 0 Å². The van der Waals surface area contributed by atoms with Gasteiger partial charge in [0, 0.05) is 32.3 Å². The molecule has 2 heterocycles. The number of methoxy groups -OCH3 is 1. The first-order valence-corrected chi connectivity index (χ1v) is 7.85. The lowest BCUT2D eigenvalue weighted by Crippen LogP contribution is -2.05. The van der Waals surface area contributed by atoms with Gasteiger partial charge in [-0.05, 0) is 42.3 Å². The van der Waals surface area contributed by atoms with Gasteiger partial charge in [0.1, 0.15) is 11.6 Å². The van der Waals surface area contributed by atoms with Crippen LogP contribution in [0.2, 0.25) is 0 Å². The molecule has 0 unspecified atom stereocenters. The predicted octanol–water partition coefficient (Wildman–Crippen LogP) is 2.78. The fourth-order valence-corrected chi connectivity index (χ4v) is 2.47. The summed E-state index contributed by atoms with van der Waals surface area (Å²) in [6.07, 6.45) is 5.70. The Kier molecular flexibility index (Phi) is 5.28. The van der Waals surface area contributed by atoms with Crippen molar-refractivity contribution in [1.82, 2.24) is 19.7 Å². The van der Waals surface area contributed by atoms with Crippen LogP contribution in [0.4, 0.5) is 4.39 Å².